The molecule has 0 saturated carbocycles. The summed E-state index contributed by atoms with van der Waals surface area (Å²) >= 11 is 0. The van der Waals surface area contributed by atoms with Crippen molar-refractivity contribution in [2.24, 2.45) is 5.92 Å². The summed E-state index contributed by atoms with van der Waals surface area (Å²) in [6.07, 6.45) is 0.557. The van der Waals surface area contributed by atoms with Crippen LogP contribution in [-0.2, 0) is 4.79 Å². The third-order valence-electron chi connectivity index (χ3n) is 2.92. The molecule has 0 unspecified atom stereocenters. The van der Waals surface area contributed by atoms with E-state index in [1.807, 2.05) is 0 Å². The molecule has 0 aromatic heterocycles. The molecule has 1 fully saturated rings. The minimum Gasteiger partial charge on any atom is -0.326 e. The zero-order chi connectivity index (χ0) is 12.3. The number of Topliss-reactive ketones (excluding diaryl/α,β-unsaturated/α-hetero) is 1. The lowest BCUT2D eigenvalue weighted by Crippen LogP contribution is -2.43. The van der Waals surface area contributed by atoms with Gasteiger partial charge in [-0.2, -0.15) is 0 Å². The Morgan fingerprint density at radius 2 is 1.94 bits per heavy atom. The first-order chi connectivity index (χ1) is 8.15. The van der Waals surface area contributed by atoms with E-state index in [2.05, 4.69) is 10.6 Å². The molecule has 1 saturated heterocycles. The number of rotatable bonds is 4. The molecule has 2 rings (SSSR count). The lowest BCUT2D eigenvalue weighted by atomic mass is 9.99. The molecular weight excluding hydrogens is 216 g/mol. The molecular formula is C13H16N2O2. The third kappa shape index (κ3) is 3.14. The zero-order valence-electron chi connectivity index (χ0n) is 9.82. The molecule has 17 heavy (non-hydrogen) atoms. The fraction of sp³-hybridized carbons (Fsp3) is 0.385. The Bertz CT molecular complexity index is 422. The Morgan fingerprint density at radius 1 is 1.29 bits per heavy atom. The van der Waals surface area contributed by atoms with Crippen molar-refractivity contribution in [3.05, 3.63) is 29.8 Å². The molecule has 1 amide bonds. The summed E-state index contributed by atoms with van der Waals surface area (Å²) in [5, 5.41) is 5.96. The summed E-state index contributed by atoms with van der Waals surface area (Å²) in [5.74, 6) is 0.530. The van der Waals surface area contributed by atoms with Gasteiger partial charge < -0.3 is 10.6 Å². The van der Waals surface area contributed by atoms with Crippen LogP contribution in [-0.4, -0.2) is 24.8 Å². The van der Waals surface area contributed by atoms with Crippen LogP contribution in [0.15, 0.2) is 24.3 Å². The molecule has 0 aliphatic carbocycles. The first-order valence-corrected chi connectivity index (χ1v) is 5.77. The lowest BCUT2D eigenvalue weighted by Gasteiger charge is -2.26. The van der Waals surface area contributed by atoms with E-state index in [4.69, 9.17) is 0 Å². The van der Waals surface area contributed by atoms with Crippen LogP contribution in [0.25, 0.3) is 0 Å². The quantitative estimate of drug-likeness (QED) is 0.772. The Morgan fingerprint density at radius 3 is 2.41 bits per heavy atom. The molecule has 0 bridgehead atoms. The smallest absolute Gasteiger partial charge is 0.224 e. The van der Waals surface area contributed by atoms with Gasteiger partial charge in [0.2, 0.25) is 5.91 Å². The summed E-state index contributed by atoms with van der Waals surface area (Å²) < 4.78 is 0. The fourth-order valence-corrected chi connectivity index (χ4v) is 1.76. The molecule has 1 aromatic rings. The van der Waals surface area contributed by atoms with E-state index in [9.17, 15) is 9.59 Å². The molecule has 2 N–H and O–H groups in total. The highest BCUT2D eigenvalue weighted by Gasteiger charge is 2.19. The number of benzene rings is 1. The number of carbonyl (C=O) groups is 2. The van der Waals surface area contributed by atoms with E-state index in [0.717, 1.165) is 18.8 Å². The van der Waals surface area contributed by atoms with Gasteiger partial charge in [0, 0.05) is 17.7 Å². The minimum atomic E-state index is 0.0309. The highest BCUT2D eigenvalue weighted by Crippen LogP contribution is 2.13. The van der Waals surface area contributed by atoms with Crippen molar-refractivity contribution < 1.29 is 9.59 Å². The van der Waals surface area contributed by atoms with Crippen molar-refractivity contribution in [3.63, 3.8) is 0 Å². The maximum absolute atomic E-state index is 11.6. The highest BCUT2D eigenvalue weighted by atomic mass is 16.1. The monoisotopic (exact) mass is 232 g/mol. The predicted molar refractivity (Wildman–Crippen MR) is 66.1 cm³/mol. The Balaban J connectivity index is 1.89. The van der Waals surface area contributed by atoms with Crippen LogP contribution in [0.2, 0.25) is 0 Å². The van der Waals surface area contributed by atoms with Crippen LogP contribution in [0, 0.1) is 5.92 Å². The molecule has 0 atom stereocenters. The number of hydrogen-bond acceptors (Lipinski definition) is 3. The van der Waals surface area contributed by atoms with Crippen molar-refractivity contribution in [2.75, 3.05) is 18.4 Å². The number of nitrogens with one attached hydrogen (secondary N) is 2. The number of anilines is 1. The normalized spacial score (nSPS) is 15.1. The van der Waals surface area contributed by atoms with Crippen molar-refractivity contribution in [2.45, 2.75) is 13.3 Å². The Labute approximate surface area is 100 Å². The average Bonchev–Trinajstić information content (AvgIpc) is 2.24. The van der Waals surface area contributed by atoms with E-state index < -0.39 is 0 Å². The van der Waals surface area contributed by atoms with E-state index in [1.165, 1.54) is 6.92 Å². The van der Waals surface area contributed by atoms with Gasteiger partial charge >= 0.3 is 0 Å². The number of ketones is 1. The second-order valence-corrected chi connectivity index (χ2v) is 4.41. The molecule has 90 valence electrons. The van der Waals surface area contributed by atoms with Gasteiger partial charge in [0.1, 0.15) is 0 Å². The zero-order valence-corrected chi connectivity index (χ0v) is 9.82. The van der Waals surface area contributed by atoms with Gasteiger partial charge in [0.25, 0.3) is 0 Å². The summed E-state index contributed by atoms with van der Waals surface area (Å²) in [6, 6.07) is 6.97. The molecule has 1 aliphatic heterocycles. The van der Waals surface area contributed by atoms with E-state index in [1.54, 1.807) is 24.3 Å². The van der Waals surface area contributed by atoms with Gasteiger partial charge in [0.15, 0.2) is 5.78 Å². The highest BCUT2D eigenvalue weighted by molar-refractivity contribution is 5.95. The van der Waals surface area contributed by atoms with Gasteiger partial charge in [-0.15, -0.1) is 0 Å². The van der Waals surface area contributed by atoms with Crippen LogP contribution in [0.1, 0.15) is 23.7 Å². The second-order valence-electron chi connectivity index (χ2n) is 4.41. The molecule has 0 radical (unpaired) electrons. The SMILES string of the molecule is CC(=O)c1ccc(NC(=O)CC2CNC2)cc1. The largest absolute Gasteiger partial charge is 0.326 e. The third-order valence-corrected chi connectivity index (χ3v) is 2.92. The van der Waals surface area contributed by atoms with Gasteiger partial charge in [0.05, 0.1) is 0 Å². The number of amides is 1. The van der Waals surface area contributed by atoms with Crippen LogP contribution in [0.4, 0.5) is 5.69 Å². The van der Waals surface area contributed by atoms with Crippen molar-refractivity contribution in [3.8, 4) is 0 Å². The molecule has 1 aromatic carbocycles. The molecule has 4 heteroatoms. The first kappa shape index (κ1) is 11.8. The summed E-state index contributed by atoms with van der Waals surface area (Å²) in [6.45, 7) is 3.38. The van der Waals surface area contributed by atoms with Crippen molar-refractivity contribution in [1.82, 2.24) is 5.32 Å². The number of carbonyl (C=O) groups excluding carboxylic acids is 2. The van der Waals surface area contributed by atoms with Crippen molar-refractivity contribution in [1.29, 1.82) is 0 Å². The van der Waals surface area contributed by atoms with E-state index >= 15 is 0 Å². The molecule has 0 spiro atoms. The standard InChI is InChI=1S/C13H16N2O2/c1-9(16)11-2-4-12(5-3-11)15-13(17)6-10-7-14-8-10/h2-5,10,14H,6-8H2,1H3,(H,15,17). The molecule has 1 heterocycles. The first-order valence-electron chi connectivity index (χ1n) is 5.77. The van der Waals surface area contributed by atoms with Crippen molar-refractivity contribution >= 4 is 17.4 Å². The average molecular weight is 232 g/mol. The summed E-state index contributed by atoms with van der Waals surface area (Å²) in [7, 11) is 0. The Kier molecular flexibility index (Phi) is 3.54. The Hall–Kier alpha value is -1.68. The predicted octanol–water partition coefficient (Wildman–Crippen LogP) is 1.44. The molecule has 4 nitrogen and oxygen atoms in total. The molecule has 1 aliphatic rings. The number of hydrogen-bond donors (Lipinski definition) is 2. The van der Waals surface area contributed by atoms with Crippen LogP contribution in [0.5, 0.6) is 0 Å². The lowest BCUT2D eigenvalue weighted by molar-refractivity contribution is -0.117. The minimum absolute atomic E-state index is 0.0309. The maximum atomic E-state index is 11.6. The second kappa shape index (κ2) is 5.10. The van der Waals surface area contributed by atoms with Crippen LogP contribution >= 0.6 is 0 Å². The summed E-state index contributed by atoms with van der Waals surface area (Å²) in [4.78, 5) is 22.7. The van der Waals surface area contributed by atoms with Crippen LogP contribution in [0.3, 0.4) is 0 Å². The van der Waals surface area contributed by atoms with Gasteiger partial charge in [-0.1, -0.05) is 0 Å². The van der Waals surface area contributed by atoms with Crippen LogP contribution < -0.4 is 10.6 Å². The fourth-order valence-electron chi connectivity index (χ4n) is 1.76. The maximum Gasteiger partial charge on any atom is 0.224 e. The van der Waals surface area contributed by atoms with E-state index in [0.29, 0.717) is 17.9 Å². The van der Waals surface area contributed by atoms with E-state index in [-0.39, 0.29) is 11.7 Å². The topological polar surface area (TPSA) is 58.2 Å². The van der Waals surface area contributed by atoms with Gasteiger partial charge in [-0.05, 0) is 50.2 Å². The van der Waals surface area contributed by atoms with Gasteiger partial charge in [-0.25, -0.2) is 0 Å². The summed E-state index contributed by atoms with van der Waals surface area (Å²) in [5.41, 5.74) is 1.40. The van der Waals surface area contributed by atoms with Gasteiger partial charge in [-0.3, -0.25) is 9.59 Å².